The fourth-order valence-electron chi connectivity index (χ4n) is 3.37. The third-order valence-electron chi connectivity index (χ3n) is 4.55. The average molecular weight is 386 g/mol. The number of pyridine rings is 1. The van der Waals surface area contributed by atoms with E-state index in [-0.39, 0.29) is 5.56 Å². The summed E-state index contributed by atoms with van der Waals surface area (Å²) >= 11 is 0. The van der Waals surface area contributed by atoms with Gasteiger partial charge in [-0.3, -0.25) is 9.29 Å². The molecule has 0 spiro atoms. The molecule has 7 heteroatoms. The molecule has 0 bridgehead atoms. The highest BCUT2D eigenvalue weighted by atomic mass is 32.2. The van der Waals surface area contributed by atoms with Crippen LogP contribution in [-0.2, 0) is 22.2 Å². The number of hydrogen-bond acceptors (Lipinski definition) is 3. The van der Waals surface area contributed by atoms with Gasteiger partial charge in [0.05, 0.1) is 11.4 Å². The summed E-state index contributed by atoms with van der Waals surface area (Å²) < 4.78 is 53.7. The molecule has 0 aliphatic carbocycles. The summed E-state index contributed by atoms with van der Waals surface area (Å²) in [4.78, 5) is 4.00. The first kappa shape index (κ1) is 17.6. The second-order valence-electron chi connectivity index (χ2n) is 6.44. The minimum atomic E-state index is -3.75. The molecule has 1 aliphatic rings. The van der Waals surface area contributed by atoms with Crippen molar-refractivity contribution < 1.29 is 17.2 Å². The van der Waals surface area contributed by atoms with Crippen molar-refractivity contribution in [3.05, 3.63) is 83.7 Å². The van der Waals surface area contributed by atoms with E-state index in [1.54, 1.807) is 18.5 Å². The number of anilines is 1. The fraction of sp³-hybridized carbons (Fsp3) is 0.150. The van der Waals surface area contributed by atoms with Crippen LogP contribution in [0.25, 0.3) is 11.1 Å². The topological polar surface area (TPSA) is 50.3 Å². The maximum absolute atomic E-state index is 13.4. The molecular weight excluding hydrogens is 370 g/mol. The molecule has 0 amide bonds. The monoisotopic (exact) mass is 386 g/mol. The van der Waals surface area contributed by atoms with Crippen LogP contribution in [0.3, 0.4) is 0 Å². The molecule has 0 N–H and O–H groups in total. The molecule has 0 radical (unpaired) electrons. The summed E-state index contributed by atoms with van der Waals surface area (Å²) in [6, 6.07) is 12.2. The van der Waals surface area contributed by atoms with Crippen LogP contribution < -0.4 is 4.31 Å². The molecule has 0 unspecified atom stereocenters. The quantitative estimate of drug-likeness (QED) is 0.683. The first-order valence-electron chi connectivity index (χ1n) is 8.41. The van der Waals surface area contributed by atoms with Gasteiger partial charge in [0.1, 0.15) is 11.6 Å². The molecular formula is C20H16F2N2O2S. The zero-order chi connectivity index (χ0) is 19.0. The third-order valence-corrected chi connectivity index (χ3v) is 6.30. The zero-order valence-corrected chi connectivity index (χ0v) is 15.1. The predicted molar refractivity (Wildman–Crippen MR) is 99.7 cm³/mol. The molecule has 0 saturated carbocycles. The van der Waals surface area contributed by atoms with Crippen LogP contribution in [0.4, 0.5) is 14.5 Å². The molecule has 4 nitrogen and oxygen atoms in total. The van der Waals surface area contributed by atoms with Crippen molar-refractivity contribution in [1.82, 2.24) is 4.98 Å². The summed E-state index contributed by atoms with van der Waals surface area (Å²) in [5, 5.41) is 0. The van der Waals surface area contributed by atoms with Crippen molar-refractivity contribution in [2.75, 3.05) is 10.8 Å². The maximum atomic E-state index is 13.4. The summed E-state index contributed by atoms with van der Waals surface area (Å²) in [7, 11) is -3.75. The number of nitrogens with zero attached hydrogens (tertiary/aromatic N) is 2. The largest absolute Gasteiger partial charge is 0.269 e. The Morgan fingerprint density at radius 3 is 2.33 bits per heavy atom. The second-order valence-corrected chi connectivity index (χ2v) is 8.33. The molecule has 4 rings (SSSR count). The van der Waals surface area contributed by atoms with Gasteiger partial charge in [-0.05, 0) is 65.1 Å². The van der Waals surface area contributed by atoms with Crippen LogP contribution in [-0.4, -0.2) is 19.9 Å². The Balaban J connectivity index is 1.63. The van der Waals surface area contributed by atoms with E-state index in [1.807, 2.05) is 24.3 Å². The zero-order valence-electron chi connectivity index (χ0n) is 14.3. The molecule has 138 valence electrons. The van der Waals surface area contributed by atoms with Gasteiger partial charge >= 0.3 is 0 Å². The molecule has 1 aromatic heterocycles. The molecule has 1 aliphatic heterocycles. The first-order chi connectivity index (χ1) is 12.9. The van der Waals surface area contributed by atoms with Crippen molar-refractivity contribution in [1.29, 1.82) is 0 Å². The fourth-order valence-corrected chi connectivity index (χ4v) is 4.96. The van der Waals surface area contributed by atoms with E-state index in [0.29, 0.717) is 18.7 Å². The number of hydrogen-bond donors (Lipinski definition) is 0. The Morgan fingerprint density at radius 1 is 0.926 bits per heavy atom. The Hall–Kier alpha value is -2.80. The highest BCUT2D eigenvalue weighted by molar-refractivity contribution is 7.92. The predicted octanol–water partition coefficient (Wildman–Crippen LogP) is 3.92. The van der Waals surface area contributed by atoms with Crippen molar-refractivity contribution in [3.8, 4) is 11.1 Å². The van der Waals surface area contributed by atoms with E-state index in [9.17, 15) is 17.2 Å². The highest BCUT2D eigenvalue weighted by Crippen LogP contribution is 2.34. The molecule has 2 aromatic carbocycles. The molecule has 3 aromatic rings. The van der Waals surface area contributed by atoms with Gasteiger partial charge in [0.25, 0.3) is 0 Å². The number of halogens is 2. The summed E-state index contributed by atoms with van der Waals surface area (Å²) in [6.07, 6.45) is 4.00. The molecule has 0 fully saturated rings. The Morgan fingerprint density at radius 2 is 1.63 bits per heavy atom. The number of benzene rings is 2. The maximum Gasteiger partial charge on any atom is 0.239 e. The molecule has 2 heterocycles. The van der Waals surface area contributed by atoms with E-state index in [1.165, 1.54) is 4.31 Å². The number of fused-ring (bicyclic) bond motifs is 1. The average Bonchev–Trinajstić information content (AvgIpc) is 3.05. The van der Waals surface area contributed by atoms with Gasteiger partial charge in [0, 0.05) is 25.0 Å². The van der Waals surface area contributed by atoms with Crippen LogP contribution in [0.15, 0.2) is 60.9 Å². The summed E-state index contributed by atoms with van der Waals surface area (Å²) in [6.45, 7) is 0.315. The van der Waals surface area contributed by atoms with E-state index < -0.39 is 27.4 Å². The van der Waals surface area contributed by atoms with Crippen LogP contribution in [0.2, 0.25) is 0 Å². The van der Waals surface area contributed by atoms with Gasteiger partial charge in [-0.1, -0.05) is 6.07 Å². The Kier molecular flexibility index (Phi) is 4.39. The van der Waals surface area contributed by atoms with Gasteiger partial charge in [0.15, 0.2) is 0 Å². The standard InChI is InChI=1S/C20H16F2N2O2S/c21-18-9-14(10-19(22)12-18)13-27(25,26)24-8-5-17-11-16(1-2-20(17)24)15-3-6-23-7-4-15/h1-4,6-7,9-12H,5,8,13H2. The summed E-state index contributed by atoms with van der Waals surface area (Å²) in [5.41, 5.74) is 3.63. The lowest BCUT2D eigenvalue weighted by molar-refractivity contribution is 0.578. The van der Waals surface area contributed by atoms with E-state index in [4.69, 9.17) is 0 Å². The van der Waals surface area contributed by atoms with Crippen molar-refractivity contribution in [2.24, 2.45) is 0 Å². The minimum Gasteiger partial charge on any atom is -0.269 e. The SMILES string of the molecule is O=S(=O)(Cc1cc(F)cc(F)c1)N1CCc2cc(-c3ccncc3)ccc21. The van der Waals surface area contributed by atoms with Gasteiger partial charge in [0.2, 0.25) is 10.0 Å². The number of sulfonamides is 1. The lowest BCUT2D eigenvalue weighted by Gasteiger charge is -2.20. The van der Waals surface area contributed by atoms with Crippen molar-refractivity contribution in [3.63, 3.8) is 0 Å². The normalized spacial score (nSPS) is 13.6. The molecule has 27 heavy (non-hydrogen) atoms. The van der Waals surface area contributed by atoms with Crippen LogP contribution in [0, 0.1) is 11.6 Å². The third kappa shape index (κ3) is 3.55. The summed E-state index contributed by atoms with van der Waals surface area (Å²) in [5.74, 6) is -2.03. The second kappa shape index (κ2) is 6.74. The van der Waals surface area contributed by atoms with Crippen LogP contribution >= 0.6 is 0 Å². The number of rotatable bonds is 4. The lowest BCUT2D eigenvalue weighted by Crippen LogP contribution is -2.30. The Labute approximate surface area is 156 Å². The minimum absolute atomic E-state index is 0.0920. The Bertz CT molecular complexity index is 1080. The van der Waals surface area contributed by atoms with Crippen LogP contribution in [0.5, 0.6) is 0 Å². The van der Waals surface area contributed by atoms with Crippen molar-refractivity contribution in [2.45, 2.75) is 12.2 Å². The van der Waals surface area contributed by atoms with Gasteiger partial charge in [-0.15, -0.1) is 0 Å². The first-order valence-corrected chi connectivity index (χ1v) is 10.0. The van der Waals surface area contributed by atoms with E-state index in [2.05, 4.69) is 4.98 Å². The van der Waals surface area contributed by atoms with Gasteiger partial charge < -0.3 is 0 Å². The van der Waals surface area contributed by atoms with Gasteiger partial charge in [-0.2, -0.15) is 0 Å². The van der Waals surface area contributed by atoms with Crippen LogP contribution in [0.1, 0.15) is 11.1 Å². The molecule has 0 atom stereocenters. The van der Waals surface area contributed by atoms with Crippen molar-refractivity contribution >= 4 is 15.7 Å². The molecule has 0 saturated heterocycles. The number of aromatic nitrogens is 1. The lowest BCUT2D eigenvalue weighted by atomic mass is 10.0. The smallest absolute Gasteiger partial charge is 0.239 e. The highest BCUT2D eigenvalue weighted by Gasteiger charge is 2.30. The van der Waals surface area contributed by atoms with E-state index in [0.717, 1.165) is 34.9 Å². The van der Waals surface area contributed by atoms with Gasteiger partial charge in [-0.25, -0.2) is 17.2 Å². The van der Waals surface area contributed by atoms with E-state index >= 15 is 0 Å².